The molecule has 4 rings (SSSR count). The van der Waals surface area contributed by atoms with Gasteiger partial charge in [-0.1, -0.05) is 28.8 Å². The predicted molar refractivity (Wildman–Crippen MR) is 105 cm³/mol. The standard InChI is InChI=1S/C20H18Cl2N2O3/c21-17-5-14(13-3-11(9-25)6-23-7-13)19-15(20(17)22)4-12-1-2-24(8-16(12)19)18(27)10-26/h3,5-7,25-26H,1-2,4,8-10H2. The number of fused-ring (bicyclic) bond motifs is 2. The summed E-state index contributed by atoms with van der Waals surface area (Å²) < 4.78 is 0. The molecule has 0 saturated carbocycles. The Morgan fingerprint density at radius 1 is 1.22 bits per heavy atom. The van der Waals surface area contributed by atoms with Crippen LogP contribution >= 0.6 is 23.2 Å². The molecule has 0 saturated heterocycles. The summed E-state index contributed by atoms with van der Waals surface area (Å²) in [6.07, 6.45) is 4.81. The molecule has 0 bridgehead atoms. The molecule has 2 aromatic rings. The van der Waals surface area contributed by atoms with E-state index in [0.717, 1.165) is 34.2 Å². The second kappa shape index (κ2) is 7.24. The normalized spacial score (nSPS) is 15.8. The number of aromatic nitrogens is 1. The van der Waals surface area contributed by atoms with Gasteiger partial charge >= 0.3 is 0 Å². The van der Waals surface area contributed by atoms with E-state index in [1.54, 1.807) is 17.3 Å². The van der Waals surface area contributed by atoms with Gasteiger partial charge in [-0.25, -0.2) is 0 Å². The molecule has 0 radical (unpaired) electrons. The first-order valence-electron chi connectivity index (χ1n) is 8.69. The molecule has 140 valence electrons. The Kier molecular flexibility index (Phi) is 4.95. The number of benzene rings is 1. The molecule has 1 aromatic heterocycles. The number of nitrogens with zero attached hydrogens (tertiary/aromatic N) is 2. The predicted octanol–water partition coefficient (Wildman–Crippen LogP) is 3.08. The van der Waals surface area contributed by atoms with E-state index in [9.17, 15) is 15.0 Å². The number of halogens is 2. The van der Waals surface area contributed by atoms with Crippen molar-refractivity contribution in [2.45, 2.75) is 19.4 Å². The maximum Gasteiger partial charge on any atom is 0.248 e. The van der Waals surface area contributed by atoms with Crippen LogP contribution in [0.5, 0.6) is 0 Å². The molecular weight excluding hydrogens is 387 g/mol. The number of aliphatic hydroxyl groups excluding tert-OH is 2. The van der Waals surface area contributed by atoms with Crippen molar-refractivity contribution in [2.24, 2.45) is 0 Å². The van der Waals surface area contributed by atoms with E-state index in [0.29, 0.717) is 35.1 Å². The van der Waals surface area contributed by atoms with E-state index in [2.05, 4.69) is 4.98 Å². The minimum absolute atomic E-state index is 0.100. The SMILES string of the molecule is O=C(CO)N1CCC2=C(C1)c1c(-c3cncc(CO)c3)cc(Cl)c(Cl)c1C2. The number of carbonyl (C=O) groups excluding carboxylic acids is 1. The molecule has 0 atom stereocenters. The first kappa shape index (κ1) is 18.4. The quantitative estimate of drug-likeness (QED) is 0.823. The van der Waals surface area contributed by atoms with Crippen molar-refractivity contribution in [3.63, 3.8) is 0 Å². The zero-order valence-electron chi connectivity index (χ0n) is 14.5. The van der Waals surface area contributed by atoms with Gasteiger partial charge in [-0.3, -0.25) is 9.78 Å². The van der Waals surface area contributed by atoms with E-state index in [1.165, 1.54) is 5.57 Å². The van der Waals surface area contributed by atoms with Gasteiger partial charge in [-0.15, -0.1) is 0 Å². The van der Waals surface area contributed by atoms with Crippen LogP contribution in [0.2, 0.25) is 10.0 Å². The van der Waals surface area contributed by atoms with E-state index in [-0.39, 0.29) is 12.5 Å². The highest BCUT2D eigenvalue weighted by Gasteiger charge is 2.33. The third kappa shape index (κ3) is 3.15. The van der Waals surface area contributed by atoms with Gasteiger partial charge in [0.05, 0.1) is 16.7 Å². The molecule has 0 spiro atoms. The van der Waals surface area contributed by atoms with Gasteiger partial charge in [0.1, 0.15) is 6.61 Å². The summed E-state index contributed by atoms with van der Waals surface area (Å²) in [4.78, 5) is 17.9. The van der Waals surface area contributed by atoms with Gasteiger partial charge in [0, 0.05) is 31.0 Å². The lowest BCUT2D eigenvalue weighted by atomic mass is 9.92. The molecule has 2 aliphatic rings. The summed E-state index contributed by atoms with van der Waals surface area (Å²) in [5.41, 5.74) is 6.73. The zero-order chi connectivity index (χ0) is 19.1. The van der Waals surface area contributed by atoms with Crippen LogP contribution in [0, 0.1) is 0 Å². The van der Waals surface area contributed by atoms with Gasteiger partial charge in [0.2, 0.25) is 5.91 Å². The van der Waals surface area contributed by atoms with E-state index in [1.807, 2.05) is 12.1 Å². The first-order chi connectivity index (χ1) is 13.0. The largest absolute Gasteiger partial charge is 0.392 e. The fourth-order valence-corrected chi connectivity index (χ4v) is 4.36. The molecule has 0 unspecified atom stereocenters. The smallest absolute Gasteiger partial charge is 0.248 e. The lowest BCUT2D eigenvalue weighted by Crippen LogP contribution is -2.37. The molecule has 1 aliphatic carbocycles. The second-order valence-electron chi connectivity index (χ2n) is 6.80. The topological polar surface area (TPSA) is 73.7 Å². The zero-order valence-corrected chi connectivity index (χ0v) is 16.0. The van der Waals surface area contributed by atoms with Crippen molar-refractivity contribution in [2.75, 3.05) is 19.7 Å². The van der Waals surface area contributed by atoms with Gasteiger partial charge in [0.25, 0.3) is 0 Å². The van der Waals surface area contributed by atoms with Gasteiger partial charge in [-0.2, -0.15) is 0 Å². The number of aliphatic hydroxyl groups is 2. The molecule has 2 N–H and O–H groups in total. The molecule has 1 aromatic carbocycles. The fourth-order valence-electron chi connectivity index (χ4n) is 3.92. The highest BCUT2D eigenvalue weighted by atomic mass is 35.5. The third-order valence-corrected chi connectivity index (χ3v) is 6.07. The minimum Gasteiger partial charge on any atom is -0.392 e. The summed E-state index contributed by atoms with van der Waals surface area (Å²) in [6, 6.07) is 3.70. The number of amides is 1. The monoisotopic (exact) mass is 404 g/mol. The summed E-state index contributed by atoms with van der Waals surface area (Å²) in [5.74, 6) is -0.277. The van der Waals surface area contributed by atoms with Crippen molar-refractivity contribution in [1.29, 1.82) is 0 Å². The van der Waals surface area contributed by atoms with Crippen LogP contribution in [0.15, 0.2) is 30.1 Å². The van der Waals surface area contributed by atoms with Crippen molar-refractivity contribution >= 4 is 34.7 Å². The Hall–Kier alpha value is -1.92. The maximum absolute atomic E-state index is 12.0. The third-order valence-electron chi connectivity index (χ3n) is 5.24. The summed E-state index contributed by atoms with van der Waals surface area (Å²) >= 11 is 12.9. The number of pyridine rings is 1. The van der Waals surface area contributed by atoms with E-state index in [4.69, 9.17) is 23.2 Å². The number of carbonyl (C=O) groups is 1. The van der Waals surface area contributed by atoms with Crippen molar-refractivity contribution < 1.29 is 15.0 Å². The van der Waals surface area contributed by atoms with Gasteiger partial charge < -0.3 is 15.1 Å². The fraction of sp³-hybridized carbons (Fsp3) is 0.300. The average molecular weight is 405 g/mol. The number of rotatable bonds is 3. The van der Waals surface area contributed by atoms with Crippen LogP contribution in [0.4, 0.5) is 0 Å². The number of hydrogen-bond donors (Lipinski definition) is 2. The Morgan fingerprint density at radius 2 is 2.04 bits per heavy atom. The molecule has 5 nitrogen and oxygen atoms in total. The molecule has 2 heterocycles. The first-order valence-corrected chi connectivity index (χ1v) is 9.45. The van der Waals surface area contributed by atoms with Crippen molar-refractivity contribution in [1.82, 2.24) is 9.88 Å². The molecule has 7 heteroatoms. The molecular formula is C20H18Cl2N2O3. The van der Waals surface area contributed by atoms with Gasteiger partial charge in [0.15, 0.2) is 0 Å². The van der Waals surface area contributed by atoms with Crippen LogP contribution in [0.3, 0.4) is 0 Å². The molecule has 0 fully saturated rings. The summed E-state index contributed by atoms with van der Waals surface area (Å²) in [6.45, 7) is 0.442. The minimum atomic E-state index is -0.494. The maximum atomic E-state index is 12.0. The average Bonchev–Trinajstić information content (AvgIpc) is 3.09. The lowest BCUT2D eigenvalue weighted by Gasteiger charge is -2.29. The van der Waals surface area contributed by atoms with Crippen molar-refractivity contribution in [3.8, 4) is 11.1 Å². The van der Waals surface area contributed by atoms with E-state index < -0.39 is 6.61 Å². The van der Waals surface area contributed by atoms with Crippen molar-refractivity contribution in [3.05, 3.63) is 56.8 Å². The molecule has 27 heavy (non-hydrogen) atoms. The highest BCUT2D eigenvalue weighted by molar-refractivity contribution is 6.43. The van der Waals surface area contributed by atoms with Gasteiger partial charge in [-0.05, 0) is 52.8 Å². The lowest BCUT2D eigenvalue weighted by molar-refractivity contribution is -0.133. The summed E-state index contributed by atoms with van der Waals surface area (Å²) in [7, 11) is 0. The van der Waals surface area contributed by atoms with Crippen LogP contribution in [-0.4, -0.2) is 45.7 Å². The Bertz CT molecular complexity index is 972. The Morgan fingerprint density at radius 3 is 2.78 bits per heavy atom. The van der Waals surface area contributed by atoms with Crippen LogP contribution < -0.4 is 0 Å². The van der Waals surface area contributed by atoms with Crippen LogP contribution in [-0.2, 0) is 17.8 Å². The second-order valence-corrected chi connectivity index (χ2v) is 7.58. The molecule has 1 amide bonds. The van der Waals surface area contributed by atoms with E-state index >= 15 is 0 Å². The number of hydrogen-bond acceptors (Lipinski definition) is 4. The Balaban J connectivity index is 1.87. The molecule has 1 aliphatic heterocycles. The van der Waals surface area contributed by atoms with Crippen LogP contribution in [0.1, 0.15) is 23.1 Å². The van der Waals surface area contributed by atoms with Crippen LogP contribution in [0.25, 0.3) is 16.7 Å². The summed E-state index contributed by atoms with van der Waals surface area (Å²) in [5, 5.41) is 19.7. The highest BCUT2D eigenvalue weighted by Crippen LogP contribution is 2.47. The Labute approximate surface area is 166 Å².